The fourth-order valence-corrected chi connectivity index (χ4v) is 11.6. The van der Waals surface area contributed by atoms with E-state index in [0.717, 1.165) is 78.6 Å². The fraction of sp³-hybridized carbons (Fsp3) is 0.122. The highest BCUT2D eigenvalue weighted by molar-refractivity contribution is 6.11. The van der Waals surface area contributed by atoms with Crippen LogP contribution in [0.1, 0.15) is 52.7 Å². The predicted molar refractivity (Wildman–Crippen MR) is 332 cm³/mol. The average Bonchev–Trinajstić information content (AvgIpc) is 4.28. The van der Waals surface area contributed by atoms with Gasteiger partial charge in [0.25, 0.3) is 0 Å². The molecule has 5 nitrogen and oxygen atoms in total. The first-order chi connectivity index (χ1) is 38.4. The van der Waals surface area contributed by atoms with Crippen LogP contribution in [-0.2, 0) is 10.8 Å². The lowest BCUT2D eigenvalue weighted by Crippen LogP contribution is -2.25. The molecule has 79 heavy (non-hydrogen) atoms. The van der Waals surface area contributed by atoms with Crippen molar-refractivity contribution in [2.75, 3.05) is 16.5 Å². The molecule has 0 fully saturated rings. The smallest absolute Gasteiger partial charge is 0.137 e. The molecule has 0 saturated heterocycles. The van der Waals surface area contributed by atoms with Crippen molar-refractivity contribution in [2.24, 2.45) is 0 Å². The molecule has 0 bridgehead atoms. The van der Waals surface area contributed by atoms with Crippen molar-refractivity contribution in [3.05, 3.63) is 266 Å². The van der Waals surface area contributed by atoms with Crippen molar-refractivity contribution in [1.29, 1.82) is 0 Å². The standard InChI is InChI=1S/C74H62N4O/c1-73(2,3)57-38-35-53(36-39-57)61-31-20-32-62(56-28-18-27-54(43-56)50-21-10-7-11-22-50)72(61)77-49-76(68-33-16-17-34-69(68)77)58-29-19-30-59(45-58)79-60-40-41-63-64-44-55(51-23-12-8-13-24-51)37-42-67(64)78(70(63)46-60)71-47-66(74(4,5)6)65(48-75-71)52-25-14-9-15-26-52/h7-48H,49H2,1-6H3. The minimum Gasteiger partial charge on any atom is -0.457 e. The second-order valence-electron chi connectivity index (χ2n) is 22.9. The fourth-order valence-electron chi connectivity index (χ4n) is 11.6. The van der Waals surface area contributed by atoms with Crippen LogP contribution in [0.15, 0.2) is 255 Å². The monoisotopic (exact) mass is 1020 g/mol. The van der Waals surface area contributed by atoms with Gasteiger partial charge in [-0.3, -0.25) is 4.57 Å². The third kappa shape index (κ3) is 9.31. The van der Waals surface area contributed by atoms with Crippen LogP contribution in [0.3, 0.4) is 0 Å². The molecule has 0 unspecified atom stereocenters. The van der Waals surface area contributed by atoms with E-state index >= 15 is 0 Å². The first kappa shape index (κ1) is 49.1. The van der Waals surface area contributed by atoms with Gasteiger partial charge in [0.05, 0.1) is 28.1 Å². The lowest BCUT2D eigenvalue weighted by Gasteiger charge is -2.28. The Morgan fingerprint density at radius 2 is 0.937 bits per heavy atom. The number of nitrogens with zero attached hydrogens (tertiary/aromatic N) is 4. The maximum absolute atomic E-state index is 6.98. The summed E-state index contributed by atoms with van der Waals surface area (Å²) in [5, 5.41) is 2.29. The molecule has 10 aromatic carbocycles. The molecule has 0 N–H and O–H groups in total. The number of anilines is 4. The summed E-state index contributed by atoms with van der Waals surface area (Å²) >= 11 is 0. The number of para-hydroxylation sites is 3. The molecule has 13 rings (SSSR count). The second kappa shape index (κ2) is 19.8. The average molecular weight is 1020 g/mol. The van der Waals surface area contributed by atoms with Gasteiger partial charge in [0, 0.05) is 51.5 Å². The van der Waals surface area contributed by atoms with Crippen LogP contribution >= 0.6 is 0 Å². The quantitative estimate of drug-likeness (QED) is 0.137. The highest BCUT2D eigenvalue weighted by Gasteiger charge is 2.32. The van der Waals surface area contributed by atoms with E-state index in [0.29, 0.717) is 6.67 Å². The van der Waals surface area contributed by atoms with Crippen LogP contribution in [0.25, 0.3) is 83.3 Å². The SMILES string of the molecule is CC(C)(C)c1ccc(-c2cccc(-c3cccc(-c4ccccc4)c3)c2N2CN(c3cccc(Oc4ccc5c6cc(-c7ccccc7)ccc6n(-c6cc(C(C)(C)C)c(-c7ccccc7)cn6)c5c4)c3)c3ccccc32)cc1. The summed E-state index contributed by atoms with van der Waals surface area (Å²) in [7, 11) is 0. The van der Waals surface area contributed by atoms with Crippen LogP contribution in [0, 0.1) is 0 Å². The molecule has 0 aliphatic carbocycles. The highest BCUT2D eigenvalue weighted by Crippen LogP contribution is 2.51. The van der Waals surface area contributed by atoms with E-state index in [1.807, 2.05) is 0 Å². The Kier molecular flexibility index (Phi) is 12.3. The summed E-state index contributed by atoms with van der Waals surface area (Å²) in [5.41, 5.74) is 20.7. The summed E-state index contributed by atoms with van der Waals surface area (Å²) in [6, 6.07) is 89.7. The zero-order chi connectivity index (χ0) is 53.8. The van der Waals surface area contributed by atoms with E-state index in [-0.39, 0.29) is 10.8 Å². The van der Waals surface area contributed by atoms with E-state index < -0.39 is 0 Å². The van der Waals surface area contributed by atoms with Gasteiger partial charge in [-0.1, -0.05) is 217 Å². The molecular weight excluding hydrogens is 961 g/mol. The number of ether oxygens (including phenoxy) is 1. The maximum Gasteiger partial charge on any atom is 0.137 e. The first-order valence-corrected chi connectivity index (χ1v) is 27.4. The first-order valence-electron chi connectivity index (χ1n) is 27.4. The Morgan fingerprint density at radius 1 is 0.380 bits per heavy atom. The Labute approximate surface area is 464 Å². The molecule has 0 atom stereocenters. The molecule has 384 valence electrons. The van der Waals surface area contributed by atoms with Crippen molar-refractivity contribution >= 4 is 44.6 Å². The van der Waals surface area contributed by atoms with Gasteiger partial charge in [-0.25, -0.2) is 4.98 Å². The van der Waals surface area contributed by atoms with Gasteiger partial charge < -0.3 is 14.5 Å². The molecule has 1 aliphatic rings. The Balaban J connectivity index is 0.896. The molecule has 2 aromatic heterocycles. The number of hydrogen-bond acceptors (Lipinski definition) is 4. The van der Waals surface area contributed by atoms with Gasteiger partial charge in [0.1, 0.15) is 24.0 Å². The highest BCUT2D eigenvalue weighted by atomic mass is 16.5. The van der Waals surface area contributed by atoms with Crippen LogP contribution in [0.4, 0.5) is 22.7 Å². The lowest BCUT2D eigenvalue weighted by atomic mass is 9.82. The molecule has 0 radical (unpaired) electrons. The topological polar surface area (TPSA) is 33.5 Å². The van der Waals surface area contributed by atoms with Crippen molar-refractivity contribution in [3.63, 3.8) is 0 Å². The zero-order valence-corrected chi connectivity index (χ0v) is 45.7. The third-order valence-corrected chi connectivity index (χ3v) is 15.6. The normalized spacial score (nSPS) is 12.6. The number of aromatic nitrogens is 2. The van der Waals surface area contributed by atoms with E-state index in [4.69, 9.17) is 9.72 Å². The summed E-state index contributed by atoms with van der Waals surface area (Å²) in [5.74, 6) is 2.36. The van der Waals surface area contributed by atoms with Crippen molar-refractivity contribution in [2.45, 2.75) is 52.4 Å². The molecular formula is C74H62N4O. The molecule has 3 heterocycles. The van der Waals surface area contributed by atoms with Gasteiger partial charge >= 0.3 is 0 Å². The van der Waals surface area contributed by atoms with Crippen LogP contribution in [-0.4, -0.2) is 16.2 Å². The largest absolute Gasteiger partial charge is 0.457 e. The summed E-state index contributed by atoms with van der Waals surface area (Å²) < 4.78 is 9.29. The summed E-state index contributed by atoms with van der Waals surface area (Å²) in [4.78, 5) is 10.2. The van der Waals surface area contributed by atoms with Crippen LogP contribution in [0.2, 0.25) is 0 Å². The van der Waals surface area contributed by atoms with Crippen LogP contribution < -0.4 is 14.5 Å². The van der Waals surface area contributed by atoms with E-state index in [2.05, 4.69) is 311 Å². The molecule has 0 spiro atoms. The molecule has 0 saturated carbocycles. The van der Waals surface area contributed by atoms with E-state index in [1.54, 1.807) is 0 Å². The Bertz CT molecular complexity index is 4210. The van der Waals surface area contributed by atoms with Crippen molar-refractivity contribution in [1.82, 2.24) is 9.55 Å². The van der Waals surface area contributed by atoms with Gasteiger partial charge in [0.15, 0.2) is 0 Å². The number of rotatable bonds is 10. The Morgan fingerprint density at radius 3 is 1.62 bits per heavy atom. The van der Waals surface area contributed by atoms with Crippen molar-refractivity contribution in [3.8, 4) is 73.0 Å². The van der Waals surface area contributed by atoms with Gasteiger partial charge in [0.2, 0.25) is 0 Å². The Hall–Kier alpha value is -9.45. The molecule has 0 amide bonds. The second-order valence-corrected chi connectivity index (χ2v) is 22.9. The predicted octanol–water partition coefficient (Wildman–Crippen LogP) is 20.1. The van der Waals surface area contributed by atoms with Gasteiger partial charge in [-0.05, 0) is 122 Å². The van der Waals surface area contributed by atoms with Crippen LogP contribution in [0.5, 0.6) is 11.5 Å². The van der Waals surface area contributed by atoms with E-state index in [1.165, 1.54) is 50.1 Å². The maximum atomic E-state index is 6.98. The summed E-state index contributed by atoms with van der Waals surface area (Å²) in [6.07, 6.45) is 2.05. The number of pyridine rings is 1. The third-order valence-electron chi connectivity index (χ3n) is 15.6. The minimum atomic E-state index is -0.146. The van der Waals surface area contributed by atoms with Crippen molar-refractivity contribution < 1.29 is 4.74 Å². The van der Waals surface area contributed by atoms with Gasteiger partial charge in [-0.2, -0.15) is 0 Å². The molecule has 1 aliphatic heterocycles. The number of benzene rings is 10. The lowest BCUT2D eigenvalue weighted by molar-refractivity contribution is 0.483. The van der Waals surface area contributed by atoms with Gasteiger partial charge in [-0.15, -0.1) is 0 Å². The molecule has 12 aromatic rings. The number of hydrogen-bond donors (Lipinski definition) is 0. The minimum absolute atomic E-state index is 0.0392. The zero-order valence-electron chi connectivity index (χ0n) is 45.7. The molecule has 5 heteroatoms. The number of fused-ring (bicyclic) bond motifs is 4. The van der Waals surface area contributed by atoms with E-state index in [9.17, 15) is 0 Å². The summed E-state index contributed by atoms with van der Waals surface area (Å²) in [6.45, 7) is 14.3.